The number of amides is 2. The fourth-order valence-electron chi connectivity index (χ4n) is 5.56. The molecule has 5 rings (SSSR count). The smallest absolute Gasteiger partial charge is 0.452 e. The Kier molecular flexibility index (Phi) is 8.51. The van der Waals surface area contributed by atoms with E-state index in [4.69, 9.17) is 4.42 Å². The maximum Gasteiger partial charge on any atom is 0.452 e. The Balaban J connectivity index is 1.20. The first-order valence-electron chi connectivity index (χ1n) is 13.9. The molecule has 2 N–H and O–H groups in total. The summed E-state index contributed by atoms with van der Waals surface area (Å²) in [6.45, 7) is 2.45. The summed E-state index contributed by atoms with van der Waals surface area (Å²) >= 11 is 0. The molecule has 1 aromatic heterocycles. The first-order valence-corrected chi connectivity index (χ1v) is 13.9. The second kappa shape index (κ2) is 12.3. The summed E-state index contributed by atoms with van der Waals surface area (Å²) < 4.78 is 45.9. The van der Waals surface area contributed by atoms with Crippen LogP contribution in [0.1, 0.15) is 48.4 Å². The van der Waals surface area contributed by atoms with Crippen molar-refractivity contribution in [3.8, 4) is 11.5 Å². The van der Waals surface area contributed by atoms with E-state index in [9.17, 15) is 32.7 Å². The number of anilines is 2. The van der Waals surface area contributed by atoms with Gasteiger partial charge in [-0.25, -0.2) is 4.98 Å². The van der Waals surface area contributed by atoms with E-state index in [1.807, 2.05) is 4.90 Å². The molecule has 2 heterocycles. The Bertz CT molecular complexity index is 1420. The number of nitrogens with zero attached hydrogens (tertiary/aromatic N) is 3. The van der Waals surface area contributed by atoms with E-state index in [-0.39, 0.29) is 23.6 Å². The molecule has 1 saturated heterocycles. The van der Waals surface area contributed by atoms with Gasteiger partial charge in [-0.05, 0) is 68.5 Å². The van der Waals surface area contributed by atoms with Gasteiger partial charge in [0.25, 0.3) is 5.91 Å². The Morgan fingerprint density at radius 1 is 0.881 bits per heavy atom. The zero-order valence-electron chi connectivity index (χ0n) is 22.8. The lowest BCUT2D eigenvalue weighted by atomic mass is 9.81. The van der Waals surface area contributed by atoms with E-state index < -0.39 is 29.5 Å². The molecule has 0 bridgehead atoms. The quantitative estimate of drug-likeness (QED) is 0.391. The first kappa shape index (κ1) is 29.2. The summed E-state index contributed by atoms with van der Waals surface area (Å²) in [6.07, 6.45) is -1.92. The lowest BCUT2D eigenvalue weighted by molar-refractivity contribution is -0.153. The second-order valence-electron chi connectivity index (χ2n) is 10.6. The van der Waals surface area contributed by atoms with Crippen molar-refractivity contribution in [2.45, 2.75) is 38.3 Å². The summed E-state index contributed by atoms with van der Waals surface area (Å²) in [7, 11) is 0. The molecular formula is C30H31F3N4O5. The minimum Gasteiger partial charge on any atom is -0.481 e. The zero-order valence-corrected chi connectivity index (χ0v) is 22.8. The van der Waals surface area contributed by atoms with Gasteiger partial charge in [-0.1, -0.05) is 18.2 Å². The lowest BCUT2D eigenvalue weighted by Gasteiger charge is -2.30. The van der Waals surface area contributed by atoms with Crippen molar-refractivity contribution < 1.29 is 37.1 Å². The van der Waals surface area contributed by atoms with E-state index in [2.05, 4.69) is 15.2 Å². The molecule has 0 spiro atoms. The Hall–Kier alpha value is -4.35. The van der Waals surface area contributed by atoms with Gasteiger partial charge < -0.3 is 24.6 Å². The van der Waals surface area contributed by atoms with Crippen LogP contribution in [-0.2, 0) is 15.8 Å². The molecule has 0 radical (unpaired) electrons. The number of halogens is 3. The summed E-state index contributed by atoms with van der Waals surface area (Å²) in [5, 5.41) is 11.7. The van der Waals surface area contributed by atoms with Crippen LogP contribution < -0.4 is 10.2 Å². The van der Waals surface area contributed by atoms with Gasteiger partial charge in [0.1, 0.15) is 0 Å². The molecule has 2 aliphatic rings. The van der Waals surface area contributed by atoms with Crippen LogP contribution in [0.15, 0.2) is 59.0 Å². The van der Waals surface area contributed by atoms with Crippen molar-refractivity contribution in [3.63, 3.8) is 0 Å². The Morgan fingerprint density at radius 3 is 2.19 bits per heavy atom. The number of carboxylic acids is 1. The number of carbonyl (C=O) groups excluding carboxylic acids is 2. The van der Waals surface area contributed by atoms with Crippen LogP contribution in [0.5, 0.6) is 0 Å². The minimum absolute atomic E-state index is 0.0836. The molecule has 3 aromatic rings. The predicted molar refractivity (Wildman–Crippen MR) is 148 cm³/mol. The van der Waals surface area contributed by atoms with Crippen molar-refractivity contribution in [1.82, 2.24) is 9.88 Å². The number of carboxylic acid groups (broad SMARTS) is 1. The highest BCUT2D eigenvalue weighted by atomic mass is 19.4. The average Bonchev–Trinajstić information content (AvgIpc) is 3.31. The summed E-state index contributed by atoms with van der Waals surface area (Å²) in [4.78, 5) is 45.0. The number of hydrogen-bond donors (Lipinski definition) is 2. The number of aromatic nitrogens is 1. The zero-order chi connectivity index (χ0) is 29.9. The largest absolute Gasteiger partial charge is 0.481 e. The van der Waals surface area contributed by atoms with E-state index >= 15 is 0 Å². The van der Waals surface area contributed by atoms with Crippen LogP contribution in [0.4, 0.5) is 24.5 Å². The number of aliphatic carboxylic acids is 1. The van der Waals surface area contributed by atoms with Gasteiger partial charge in [0, 0.05) is 49.0 Å². The van der Waals surface area contributed by atoms with E-state index in [1.165, 1.54) is 12.1 Å². The van der Waals surface area contributed by atoms with Crippen LogP contribution in [0.25, 0.3) is 11.5 Å². The van der Waals surface area contributed by atoms with Gasteiger partial charge in [-0.2, -0.15) is 13.2 Å². The maximum atomic E-state index is 13.6. The number of hydrogen-bond acceptors (Lipinski definition) is 6. The first-order chi connectivity index (χ1) is 20.1. The fraction of sp³-hybridized carbons (Fsp3) is 0.400. The minimum atomic E-state index is -4.91. The molecule has 42 heavy (non-hydrogen) atoms. The van der Waals surface area contributed by atoms with Crippen LogP contribution in [0.2, 0.25) is 0 Å². The third kappa shape index (κ3) is 6.58. The monoisotopic (exact) mass is 584 g/mol. The van der Waals surface area contributed by atoms with Gasteiger partial charge in [-0.15, -0.1) is 0 Å². The average molecular weight is 585 g/mol. The Labute approximate surface area is 240 Å². The summed E-state index contributed by atoms with van der Waals surface area (Å²) in [6, 6.07) is 14.8. The van der Waals surface area contributed by atoms with Crippen LogP contribution >= 0.6 is 0 Å². The van der Waals surface area contributed by atoms with Crippen LogP contribution in [-0.4, -0.2) is 59.0 Å². The van der Waals surface area contributed by atoms with E-state index in [0.29, 0.717) is 63.1 Å². The van der Waals surface area contributed by atoms with Crippen molar-refractivity contribution >= 4 is 29.2 Å². The molecule has 1 saturated carbocycles. The van der Waals surface area contributed by atoms with Crippen molar-refractivity contribution in [1.29, 1.82) is 0 Å². The van der Waals surface area contributed by atoms with Crippen LogP contribution in [0.3, 0.4) is 0 Å². The van der Waals surface area contributed by atoms with E-state index in [0.717, 1.165) is 12.1 Å². The van der Waals surface area contributed by atoms with Gasteiger partial charge in [-0.3, -0.25) is 14.4 Å². The predicted octanol–water partition coefficient (Wildman–Crippen LogP) is 5.54. The fourth-order valence-corrected chi connectivity index (χ4v) is 5.56. The highest BCUT2D eigenvalue weighted by molar-refractivity contribution is 6.04. The van der Waals surface area contributed by atoms with Crippen LogP contribution in [0, 0.1) is 11.8 Å². The third-order valence-corrected chi connectivity index (χ3v) is 7.84. The van der Waals surface area contributed by atoms with Gasteiger partial charge in [0.05, 0.1) is 5.92 Å². The lowest BCUT2D eigenvalue weighted by Crippen LogP contribution is -2.40. The van der Waals surface area contributed by atoms with E-state index in [1.54, 1.807) is 42.5 Å². The number of carbonyl (C=O) groups is 3. The molecule has 2 aromatic carbocycles. The van der Waals surface area contributed by atoms with Gasteiger partial charge in [0.15, 0.2) is 5.69 Å². The molecule has 9 nitrogen and oxygen atoms in total. The van der Waals surface area contributed by atoms with Gasteiger partial charge >= 0.3 is 12.1 Å². The number of benzene rings is 2. The molecular weight excluding hydrogens is 553 g/mol. The van der Waals surface area contributed by atoms with Crippen molar-refractivity contribution in [3.05, 3.63) is 66.1 Å². The summed E-state index contributed by atoms with van der Waals surface area (Å²) in [5.41, 5.74) is 0.617. The third-order valence-electron chi connectivity index (χ3n) is 7.84. The molecule has 12 heteroatoms. The molecule has 2 amide bonds. The number of oxazole rings is 1. The molecule has 1 aliphatic heterocycles. The summed E-state index contributed by atoms with van der Waals surface area (Å²) in [5.74, 6) is -4.02. The van der Waals surface area contributed by atoms with Gasteiger partial charge in [0.2, 0.25) is 17.6 Å². The molecule has 2 fully saturated rings. The number of nitrogens with one attached hydrogen (secondary N) is 1. The molecule has 1 aliphatic carbocycles. The standard InChI is InChI=1S/C30H31F3N4O5/c31-30(32,33)25-24(35-27(42-25)19-5-2-1-3-6-19)26(38)34-22-11-13-23(14-12-22)36-15-4-16-37(18-17-36)28(39)20-7-9-21(10-8-20)29(40)41/h1-3,5-6,11-14,20-21H,4,7-10,15-18H2,(H,34,38)(H,40,41)/t20-,21+. The normalized spacial score (nSPS) is 19.7. The Morgan fingerprint density at radius 2 is 1.55 bits per heavy atom. The highest BCUT2D eigenvalue weighted by Crippen LogP contribution is 2.36. The SMILES string of the molecule is O=C(Nc1ccc(N2CCCN(C(=O)[C@H]3CC[C@@H](C(=O)O)CC3)CC2)cc1)c1nc(-c2ccccc2)oc1C(F)(F)F. The molecule has 0 unspecified atom stereocenters. The second-order valence-corrected chi connectivity index (χ2v) is 10.6. The van der Waals surface area contributed by atoms with Crippen molar-refractivity contribution in [2.24, 2.45) is 11.8 Å². The molecule has 0 atom stereocenters. The highest BCUT2D eigenvalue weighted by Gasteiger charge is 2.42. The van der Waals surface area contributed by atoms with Crippen molar-refractivity contribution in [2.75, 3.05) is 36.4 Å². The number of alkyl halides is 3. The topological polar surface area (TPSA) is 116 Å². The molecule has 222 valence electrons. The maximum absolute atomic E-state index is 13.6. The number of rotatable bonds is 6.